The van der Waals surface area contributed by atoms with Crippen LogP contribution in [0.25, 0.3) is 0 Å². The average Bonchev–Trinajstić information content (AvgIpc) is 2.20. The molecule has 0 bridgehead atoms. The van der Waals surface area contributed by atoms with Crippen LogP contribution in [0.5, 0.6) is 0 Å². The van der Waals surface area contributed by atoms with Gasteiger partial charge in [0.2, 0.25) is 5.12 Å². The summed E-state index contributed by atoms with van der Waals surface area (Å²) in [4.78, 5) is 12.0. The Morgan fingerprint density at radius 2 is 1.93 bits per heavy atom. The highest BCUT2D eigenvalue weighted by Crippen LogP contribution is 2.24. The van der Waals surface area contributed by atoms with Crippen LogP contribution in [-0.4, -0.2) is 21.2 Å². The molecular weight excluding hydrogens is 276 g/mol. The summed E-state index contributed by atoms with van der Waals surface area (Å²) in [6, 6.07) is 7.72. The highest BCUT2D eigenvalue weighted by molar-refractivity contribution is 9.10. The molecular formula is C11H13BrO2S. The van der Waals surface area contributed by atoms with Crippen LogP contribution in [-0.2, 0) is 4.79 Å². The first-order valence-electron chi connectivity index (χ1n) is 4.61. The zero-order valence-corrected chi connectivity index (χ0v) is 11.0. The number of thioether (sulfide) groups is 1. The van der Waals surface area contributed by atoms with Gasteiger partial charge in [0.05, 0.1) is 6.10 Å². The molecule has 0 aliphatic heterocycles. The van der Waals surface area contributed by atoms with E-state index in [4.69, 9.17) is 0 Å². The predicted molar refractivity (Wildman–Crippen MR) is 66.4 cm³/mol. The fourth-order valence-electron chi connectivity index (χ4n) is 0.976. The summed E-state index contributed by atoms with van der Waals surface area (Å²) in [5, 5.41) is 9.16. The molecule has 0 fully saturated rings. The Kier molecular flexibility index (Phi) is 4.83. The highest BCUT2D eigenvalue weighted by Gasteiger charge is 2.20. The van der Waals surface area contributed by atoms with Gasteiger partial charge < -0.3 is 5.11 Å². The smallest absolute Gasteiger partial charge is 0.209 e. The van der Waals surface area contributed by atoms with E-state index in [0.717, 1.165) is 22.2 Å². The van der Waals surface area contributed by atoms with Gasteiger partial charge in [-0.15, -0.1) is 0 Å². The molecule has 0 unspecified atom stereocenters. The summed E-state index contributed by atoms with van der Waals surface area (Å²) < 4.78 is 0. The van der Waals surface area contributed by atoms with Gasteiger partial charge in [-0.2, -0.15) is 0 Å². The molecule has 0 amide bonds. The molecule has 1 N–H and O–H groups in total. The minimum Gasteiger partial charge on any atom is -0.392 e. The molecule has 1 aromatic rings. The monoisotopic (exact) mass is 288 g/mol. The topological polar surface area (TPSA) is 37.3 Å². The Morgan fingerprint density at radius 1 is 1.40 bits per heavy atom. The fourth-order valence-corrected chi connectivity index (χ4v) is 2.07. The van der Waals surface area contributed by atoms with Crippen LogP contribution >= 0.6 is 27.7 Å². The van der Waals surface area contributed by atoms with Gasteiger partial charge >= 0.3 is 0 Å². The number of benzene rings is 1. The van der Waals surface area contributed by atoms with Crippen molar-refractivity contribution < 1.29 is 9.90 Å². The zero-order valence-electron chi connectivity index (χ0n) is 8.61. The van der Waals surface area contributed by atoms with Gasteiger partial charge in [0.15, 0.2) is 0 Å². The van der Waals surface area contributed by atoms with E-state index >= 15 is 0 Å². The first kappa shape index (κ1) is 12.7. The van der Waals surface area contributed by atoms with Gasteiger partial charge in [0.1, 0.15) is 4.83 Å². The number of hydrogen-bond acceptors (Lipinski definition) is 3. The minimum absolute atomic E-state index is 0.0751. The number of hydrogen-bond donors (Lipinski definition) is 1. The number of aliphatic hydroxyl groups excluding tert-OH is 1. The Morgan fingerprint density at radius 3 is 2.40 bits per heavy atom. The van der Waals surface area contributed by atoms with Gasteiger partial charge in [0, 0.05) is 4.90 Å². The van der Waals surface area contributed by atoms with Crippen LogP contribution in [0, 0.1) is 6.92 Å². The standard InChI is InChI=1S/C11H13BrO2S/c1-7-3-5-9(6-4-7)15-11(14)10(12)8(2)13/h3-6,8,10,13H,1-2H3/t8-,10+/m0/s1. The van der Waals surface area contributed by atoms with Gasteiger partial charge in [-0.1, -0.05) is 45.4 Å². The van der Waals surface area contributed by atoms with Crippen molar-refractivity contribution in [2.45, 2.75) is 29.7 Å². The fraction of sp³-hybridized carbons (Fsp3) is 0.364. The van der Waals surface area contributed by atoms with E-state index in [-0.39, 0.29) is 5.12 Å². The second-order valence-corrected chi connectivity index (χ2v) is 5.44. The van der Waals surface area contributed by atoms with Gasteiger partial charge in [-0.3, -0.25) is 4.79 Å². The summed E-state index contributed by atoms with van der Waals surface area (Å²) in [5.74, 6) is 0. The number of aryl methyl sites for hydroxylation is 1. The van der Waals surface area contributed by atoms with Crippen molar-refractivity contribution in [3.63, 3.8) is 0 Å². The normalized spacial score (nSPS) is 14.7. The lowest BCUT2D eigenvalue weighted by molar-refractivity contribution is -0.111. The number of alkyl halides is 1. The maximum absolute atomic E-state index is 11.6. The molecule has 0 heterocycles. The molecule has 0 aliphatic rings. The van der Waals surface area contributed by atoms with E-state index in [1.54, 1.807) is 6.92 Å². The molecule has 2 nitrogen and oxygen atoms in total. The van der Waals surface area contributed by atoms with Gasteiger partial charge in [-0.05, 0) is 26.0 Å². The van der Waals surface area contributed by atoms with Crippen LogP contribution in [0.1, 0.15) is 12.5 Å². The number of aliphatic hydroxyl groups is 1. The van der Waals surface area contributed by atoms with Crippen molar-refractivity contribution >= 4 is 32.8 Å². The van der Waals surface area contributed by atoms with Crippen molar-refractivity contribution in [3.05, 3.63) is 29.8 Å². The first-order chi connectivity index (χ1) is 7.00. The lowest BCUT2D eigenvalue weighted by Crippen LogP contribution is -2.23. The molecule has 0 aromatic heterocycles. The number of halogens is 1. The van der Waals surface area contributed by atoms with Crippen LogP contribution in [0.2, 0.25) is 0 Å². The molecule has 0 spiro atoms. The first-order valence-corrected chi connectivity index (χ1v) is 6.34. The largest absolute Gasteiger partial charge is 0.392 e. The third-order valence-corrected chi connectivity index (χ3v) is 4.34. The van der Waals surface area contributed by atoms with E-state index in [1.165, 1.54) is 0 Å². The third-order valence-electron chi connectivity index (χ3n) is 1.89. The van der Waals surface area contributed by atoms with Gasteiger partial charge in [0.25, 0.3) is 0 Å². The van der Waals surface area contributed by atoms with Crippen LogP contribution in [0.15, 0.2) is 29.2 Å². The summed E-state index contributed by atoms with van der Waals surface area (Å²) in [7, 11) is 0. The van der Waals surface area contributed by atoms with Crippen molar-refractivity contribution in [1.29, 1.82) is 0 Å². The molecule has 0 aliphatic carbocycles. The van der Waals surface area contributed by atoms with E-state index < -0.39 is 10.9 Å². The Labute approximate surface area is 102 Å². The molecule has 82 valence electrons. The molecule has 15 heavy (non-hydrogen) atoms. The van der Waals surface area contributed by atoms with E-state index in [2.05, 4.69) is 15.9 Å². The maximum atomic E-state index is 11.6. The quantitative estimate of drug-likeness (QED) is 0.686. The van der Waals surface area contributed by atoms with Crippen molar-refractivity contribution in [3.8, 4) is 0 Å². The van der Waals surface area contributed by atoms with Crippen LogP contribution < -0.4 is 0 Å². The molecule has 0 saturated heterocycles. The molecule has 1 aromatic carbocycles. The number of rotatable bonds is 3. The summed E-state index contributed by atoms with van der Waals surface area (Å²) >= 11 is 4.30. The number of carbonyl (C=O) groups is 1. The lowest BCUT2D eigenvalue weighted by atomic mass is 10.2. The maximum Gasteiger partial charge on any atom is 0.209 e. The molecule has 4 heteroatoms. The van der Waals surface area contributed by atoms with Crippen molar-refractivity contribution in [1.82, 2.24) is 0 Å². The minimum atomic E-state index is -0.671. The third kappa shape index (κ3) is 3.97. The highest BCUT2D eigenvalue weighted by atomic mass is 79.9. The predicted octanol–water partition coefficient (Wildman–Crippen LogP) is 2.76. The van der Waals surface area contributed by atoms with Gasteiger partial charge in [-0.25, -0.2) is 0 Å². The van der Waals surface area contributed by atoms with Crippen LogP contribution in [0.3, 0.4) is 0 Å². The van der Waals surface area contributed by atoms with E-state index in [1.807, 2.05) is 31.2 Å². The Hall–Kier alpha value is -0.320. The van der Waals surface area contributed by atoms with E-state index in [9.17, 15) is 9.90 Å². The van der Waals surface area contributed by atoms with Crippen LogP contribution in [0.4, 0.5) is 0 Å². The molecule has 1 rings (SSSR count). The lowest BCUT2D eigenvalue weighted by Gasteiger charge is -2.10. The Balaban J connectivity index is 2.62. The summed E-state index contributed by atoms with van der Waals surface area (Å²) in [5.41, 5.74) is 1.16. The van der Waals surface area contributed by atoms with Crippen molar-refractivity contribution in [2.24, 2.45) is 0 Å². The molecule has 2 atom stereocenters. The van der Waals surface area contributed by atoms with E-state index in [0.29, 0.717) is 0 Å². The zero-order chi connectivity index (χ0) is 11.4. The number of carbonyl (C=O) groups excluding carboxylic acids is 1. The molecule has 0 radical (unpaired) electrons. The van der Waals surface area contributed by atoms with Crippen molar-refractivity contribution in [2.75, 3.05) is 0 Å². The summed E-state index contributed by atoms with van der Waals surface area (Å²) in [6.07, 6.45) is -0.671. The average molecular weight is 289 g/mol. The second kappa shape index (κ2) is 5.68. The SMILES string of the molecule is Cc1ccc(SC(=O)[C@H](Br)[C@H](C)O)cc1. The second-order valence-electron chi connectivity index (χ2n) is 3.38. The molecule has 0 saturated carbocycles. The summed E-state index contributed by atoms with van der Waals surface area (Å²) in [6.45, 7) is 3.59. The Bertz CT molecular complexity index is 335.